The highest BCUT2D eigenvalue weighted by atomic mass is 35.5. The van der Waals surface area contributed by atoms with Crippen LogP contribution < -0.4 is 15.0 Å². The Bertz CT molecular complexity index is 1380. The first-order valence-corrected chi connectivity index (χ1v) is 12.6. The number of methoxy groups -OCH3 is 1. The summed E-state index contributed by atoms with van der Waals surface area (Å²) in [5, 5.41) is 4.87. The molecular weight excluding hydrogens is 472 g/mol. The van der Waals surface area contributed by atoms with Crippen LogP contribution in [0.4, 0.5) is 17.3 Å². The number of likely N-dealkylation sites (tertiary alicyclic amines) is 1. The molecule has 0 atom stereocenters. The van der Waals surface area contributed by atoms with E-state index in [0.717, 1.165) is 46.5 Å². The van der Waals surface area contributed by atoms with Gasteiger partial charge in [-0.05, 0) is 43.6 Å². The fourth-order valence-corrected chi connectivity index (χ4v) is 4.96. The van der Waals surface area contributed by atoms with Crippen molar-refractivity contribution in [2.45, 2.75) is 12.8 Å². The van der Waals surface area contributed by atoms with E-state index in [1.54, 1.807) is 13.3 Å². The van der Waals surface area contributed by atoms with Crippen molar-refractivity contribution in [3.8, 4) is 17.0 Å². The normalized spacial score (nSPS) is 13.8. The Morgan fingerprint density at radius 3 is 2.83 bits per heavy atom. The summed E-state index contributed by atoms with van der Waals surface area (Å²) in [4.78, 5) is 17.2. The number of anilines is 3. The second-order valence-corrected chi connectivity index (χ2v) is 9.46. The van der Waals surface area contributed by atoms with Crippen molar-refractivity contribution in [3.63, 3.8) is 0 Å². The van der Waals surface area contributed by atoms with Crippen LogP contribution >= 0.6 is 11.6 Å². The average Bonchev–Trinajstić information content (AvgIpc) is 3.58. The fraction of sp³-hybridized carbons (Fsp3) is 0.286. The van der Waals surface area contributed by atoms with E-state index in [1.165, 1.54) is 25.9 Å². The molecule has 1 aliphatic rings. The molecule has 36 heavy (non-hydrogen) atoms. The van der Waals surface area contributed by atoms with Crippen molar-refractivity contribution in [1.29, 1.82) is 0 Å². The van der Waals surface area contributed by atoms with Gasteiger partial charge in [0, 0.05) is 54.6 Å². The first-order valence-electron chi connectivity index (χ1n) is 12.2. The standard InChI is InChI=1S/C28H31ClN6O/c1-4-19-15-24(26(36-3)16-25(19)34(2)13-14-35-11-7-8-12-35)32-28-31-18-22(29)27(33-28)21-17-30-23-10-6-5-9-20(21)23/h4-6,9-10,15-18,30H,1,7-8,11-14H2,2-3H3,(H,31,32,33). The number of hydrogen-bond donors (Lipinski definition) is 2. The minimum atomic E-state index is 0.433. The first kappa shape index (κ1) is 24.2. The Labute approximate surface area is 216 Å². The molecule has 1 fully saturated rings. The van der Waals surface area contributed by atoms with E-state index in [2.05, 4.69) is 38.7 Å². The molecule has 0 amide bonds. The monoisotopic (exact) mass is 502 g/mol. The molecular formula is C28H31ClN6O. The summed E-state index contributed by atoms with van der Waals surface area (Å²) in [6.07, 6.45) is 8.00. The summed E-state index contributed by atoms with van der Waals surface area (Å²) in [5.74, 6) is 1.14. The van der Waals surface area contributed by atoms with E-state index >= 15 is 0 Å². The molecule has 186 valence electrons. The summed E-state index contributed by atoms with van der Waals surface area (Å²) < 4.78 is 5.75. The number of benzene rings is 2. The van der Waals surface area contributed by atoms with Crippen molar-refractivity contribution in [3.05, 3.63) is 66.0 Å². The van der Waals surface area contributed by atoms with E-state index < -0.39 is 0 Å². The summed E-state index contributed by atoms with van der Waals surface area (Å²) in [6.45, 7) is 8.41. The second-order valence-electron chi connectivity index (χ2n) is 9.05. The summed E-state index contributed by atoms with van der Waals surface area (Å²) in [7, 11) is 3.78. The van der Waals surface area contributed by atoms with Crippen molar-refractivity contribution in [1.82, 2.24) is 19.9 Å². The molecule has 0 bridgehead atoms. The summed E-state index contributed by atoms with van der Waals surface area (Å²) in [6, 6.07) is 12.1. The maximum Gasteiger partial charge on any atom is 0.227 e. The van der Waals surface area contributed by atoms with Gasteiger partial charge in [0.05, 0.1) is 29.7 Å². The second kappa shape index (κ2) is 10.6. The Hall–Kier alpha value is -3.55. The Kier molecular flexibility index (Phi) is 7.11. The minimum Gasteiger partial charge on any atom is -0.494 e. The van der Waals surface area contributed by atoms with Crippen LogP contribution in [-0.4, -0.2) is 60.2 Å². The van der Waals surface area contributed by atoms with Gasteiger partial charge in [0.25, 0.3) is 0 Å². The Morgan fingerprint density at radius 1 is 1.25 bits per heavy atom. The van der Waals surface area contributed by atoms with Crippen LogP contribution in [0.5, 0.6) is 5.75 Å². The largest absolute Gasteiger partial charge is 0.494 e. The summed E-state index contributed by atoms with van der Waals surface area (Å²) in [5.41, 5.74) is 5.45. The number of fused-ring (bicyclic) bond motifs is 1. The molecule has 8 heteroatoms. The molecule has 0 aliphatic carbocycles. The van der Waals surface area contributed by atoms with E-state index in [-0.39, 0.29) is 0 Å². The smallest absolute Gasteiger partial charge is 0.227 e. The quantitative estimate of drug-likeness (QED) is 0.284. The lowest BCUT2D eigenvalue weighted by atomic mass is 10.1. The number of H-pyrrole nitrogens is 1. The van der Waals surface area contributed by atoms with Crippen molar-refractivity contribution in [2.75, 3.05) is 50.6 Å². The molecule has 2 N–H and O–H groups in total. The highest BCUT2D eigenvalue weighted by molar-refractivity contribution is 6.33. The molecule has 3 heterocycles. The van der Waals surface area contributed by atoms with Gasteiger partial charge in [0.2, 0.25) is 5.95 Å². The Balaban J connectivity index is 1.42. The number of rotatable bonds is 9. The van der Waals surface area contributed by atoms with Gasteiger partial charge in [0.15, 0.2) is 0 Å². The third-order valence-electron chi connectivity index (χ3n) is 6.77. The van der Waals surface area contributed by atoms with Crippen LogP contribution in [0.1, 0.15) is 18.4 Å². The van der Waals surface area contributed by atoms with Gasteiger partial charge >= 0.3 is 0 Å². The lowest BCUT2D eigenvalue weighted by molar-refractivity contribution is 0.346. The Morgan fingerprint density at radius 2 is 2.06 bits per heavy atom. The van der Waals surface area contributed by atoms with E-state index in [0.29, 0.717) is 22.4 Å². The van der Waals surface area contributed by atoms with E-state index in [9.17, 15) is 0 Å². The van der Waals surface area contributed by atoms with Crippen molar-refractivity contribution in [2.24, 2.45) is 0 Å². The molecule has 0 saturated carbocycles. The third kappa shape index (κ3) is 4.90. The molecule has 1 saturated heterocycles. The van der Waals surface area contributed by atoms with Crippen LogP contribution in [0.15, 0.2) is 55.4 Å². The summed E-state index contributed by atoms with van der Waals surface area (Å²) >= 11 is 6.52. The number of aromatic nitrogens is 3. The number of nitrogens with one attached hydrogen (secondary N) is 2. The van der Waals surface area contributed by atoms with Crippen LogP contribution in [0.3, 0.4) is 0 Å². The molecule has 0 radical (unpaired) electrons. The fourth-order valence-electron chi connectivity index (χ4n) is 4.77. The average molecular weight is 503 g/mol. The van der Waals surface area contributed by atoms with Gasteiger partial charge in [-0.3, -0.25) is 0 Å². The van der Waals surface area contributed by atoms with Crippen LogP contribution in [-0.2, 0) is 0 Å². The van der Waals surface area contributed by atoms with Gasteiger partial charge in [-0.2, -0.15) is 0 Å². The lowest BCUT2D eigenvalue weighted by Crippen LogP contribution is -2.31. The predicted molar refractivity (Wildman–Crippen MR) is 150 cm³/mol. The molecule has 7 nitrogen and oxygen atoms in total. The molecule has 2 aromatic heterocycles. The molecule has 5 rings (SSSR count). The molecule has 1 aliphatic heterocycles. The van der Waals surface area contributed by atoms with Crippen LogP contribution in [0, 0.1) is 0 Å². The number of halogens is 1. The van der Waals surface area contributed by atoms with Gasteiger partial charge in [0.1, 0.15) is 5.75 Å². The van der Waals surface area contributed by atoms with Crippen LogP contribution in [0.25, 0.3) is 28.2 Å². The van der Waals surface area contributed by atoms with E-state index in [4.69, 9.17) is 21.3 Å². The maximum absolute atomic E-state index is 6.52. The predicted octanol–water partition coefficient (Wildman–Crippen LogP) is 6.21. The zero-order chi connectivity index (χ0) is 25.1. The van der Waals surface area contributed by atoms with Gasteiger partial charge in [-0.25, -0.2) is 9.97 Å². The number of likely N-dealkylation sites (N-methyl/N-ethyl adjacent to an activating group) is 1. The lowest BCUT2D eigenvalue weighted by Gasteiger charge is -2.26. The molecule has 2 aromatic carbocycles. The number of ether oxygens (including phenoxy) is 1. The highest BCUT2D eigenvalue weighted by Gasteiger charge is 2.17. The van der Waals surface area contributed by atoms with Gasteiger partial charge < -0.3 is 24.8 Å². The number of para-hydroxylation sites is 1. The zero-order valence-corrected chi connectivity index (χ0v) is 21.5. The van der Waals surface area contributed by atoms with Crippen molar-refractivity contribution >= 4 is 45.9 Å². The van der Waals surface area contributed by atoms with Gasteiger partial charge in [-0.15, -0.1) is 0 Å². The highest BCUT2D eigenvalue weighted by Crippen LogP contribution is 2.37. The van der Waals surface area contributed by atoms with Gasteiger partial charge in [-0.1, -0.05) is 42.5 Å². The minimum absolute atomic E-state index is 0.433. The third-order valence-corrected chi connectivity index (χ3v) is 7.04. The number of nitrogens with zero attached hydrogens (tertiary/aromatic N) is 4. The molecule has 4 aromatic rings. The van der Waals surface area contributed by atoms with Crippen molar-refractivity contribution < 1.29 is 4.74 Å². The van der Waals surface area contributed by atoms with E-state index in [1.807, 2.05) is 48.7 Å². The zero-order valence-electron chi connectivity index (χ0n) is 20.7. The first-order chi connectivity index (χ1) is 17.6. The molecule has 0 unspecified atom stereocenters. The maximum atomic E-state index is 6.52. The topological polar surface area (TPSA) is 69.3 Å². The number of hydrogen-bond acceptors (Lipinski definition) is 6. The van der Waals surface area contributed by atoms with Crippen LogP contribution in [0.2, 0.25) is 5.02 Å². The SMILES string of the molecule is C=Cc1cc(Nc2ncc(Cl)c(-c3c[nH]c4ccccc34)n2)c(OC)cc1N(C)CCN1CCCC1. The number of aromatic amines is 1. The molecule has 0 spiro atoms.